The average molecular weight is 260 g/mol. The predicted molar refractivity (Wildman–Crippen MR) is 82.4 cm³/mol. The first-order valence-electron chi connectivity index (χ1n) is 7.53. The minimum Gasteiger partial charge on any atom is -0.326 e. The molecule has 3 N–H and O–H groups in total. The summed E-state index contributed by atoms with van der Waals surface area (Å²) in [4.78, 5) is 0. The van der Waals surface area contributed by atoms with Crippen LogP contribution in [0.15, 0.2) is 24.3 Å². The molecule has 0 heterocycles. The number of nitrogens with one attached hydrogen (secondary N) is 1. The van der Waals surface area contributed by atoms with Gasteiger partial charge in [-0.15, -0.1) is 0 Å². The zero-order chi connectivity index (χ0) is 14.0. The molecular weight excluding hydrogens is 232 g/mol. The third-order valence-corrected chi connectivity index (χ3v) is 5.11. The van der Waals surface area contributed by atoms with Gasteiger partial charge in [-0.1, -0.05) is 43.2 Å². The molecule has 1 aliphatic rings. The van der Waals surface area contributed by atoms with Gasteiger partial charge in [-0.2, -0.15) is 0 Å². The Hall–Kier alpha value is -0.860. The van der Waals surface area contributed by atoms with Crippen molar-refractivity contribution >= 4 is 0 Å². The summed E-state index contributed by atoms with van der Waals surface area (Å²) in [6.07, 6.45) is 3.74. The Morgan fingerprint density at radius 2 is 2.11 bits per heavy atom. The Bertz CT molecular complexity index is 421. The topological polar surface area (TPSA) is 38.0 Å². The van der Waals surface area contributed by atoms with Gasteiger partial charge in [0, 0.05) is 17.5 Å². The highest BCUT2D eigenvalue weighted by Gasteiger charge is 2.50. The van der Waals surface area contributed by atoms with Crippen molar-refractivity contribution in [2.24, 2.45) is 11.7 Å². The molecule has 1 aromatic rings. The molecule has 2 unspecified atom stereocenters. The van der Waals surface area contributed by atoms with Crippen LogP contribution in [0.4, 0.5) is 0 Å². The van der Waals surface area contributed by atoms with Crippen LogP contribution in [0.2, 0.25) is 0 Å². The standard InChI is InChI=1S/C17H28N2/c1-5-14-10-17(11-14,16(18)13(3)19-4)15-8-6-7-12(2)9-15/h6-9,13-14,16,19H,5,10-11,18H2,1-4H3. The van der Waals surface area contributed by atoms with E-state index in [1.54, 1.807) is 0 Å². The molecule has 1 aliphatic carbocycles. The van der Waals surface area contributed by atoms with Crippen LogP contribution in [0.1, 0.15) is 44.2 Å². The summed E-state index contributed by atoms with van der Waals surface area (Å²) in [5.41, 5.74) is 9.55. The van der Waals surface area contributed by atoms with E-state index in [-0.39, 0.29) is 11.5 Å². The van der Waals surface area contributed by atoms with Crippen LogP contribution in [-0.4, -0.2) is 19.1 Å². The number of aryl methyl sites for hydroxylation is 1. The second kappa shape index (κ2) is 5.64. The maximum absolute atomic E-state index is 6.60. The van der Waals surface area contributed by atoms with Crippen molar-refractivity contribution in [1.29, 1.82) is 0 Å². The summed E-state index contributed by atoms with van der Waals surface area (Å²) < 4.78 is 0. The first-order valence-corrected chi connectivity index (χ1v) is 7.53. The van der Waals surface area contributed by atoms with Gasteiger partial charge in [-0.3, -0.25) is 0 Å². The van der Waals surface area contributed by atoms with Gasteiger partial charge in [0.05, 0.1) is 0 Å². The van der Waals surface area contributed by atoms with E-state index in [0.29, 0.717) is 6.04 Å². The lowest BCUT2D eigenvalue weighted by Gasteiger charge is -2.53. The molecule has 0 aromatic heterocycles. The number of hydrogen-bond donors (Lipinski definition) is 2. The van der Waals surface area contributed by atoms with E-state index in [1.165, 1.54) is 30.4 Å². The molecule has 1 saturated carbocycles. The molecule has 2 atom stereocenters. The van der Waals surface area contributed by atoms with Gasteiger partial charge in [0.25, 0.3) is 0 Å². The summed E-state index contributed by atoms with van der Waals surface area (Å²) in [7, 11) is 2.00. The molecule has 0 amide bonds. The summed E-state index contributed by atoms with van der Waals surface area (Å²) in [5, 5.41) is 3.33. The molecule has 19 heavy (non-hydrogen) atoms. The molecule has 2 heteroatoms. The molecule has 106 valence electrons. The number of nitrogens with two attached hydrogens (primary N) is 1. The lowest BCUT2D eigenvalue weighted by atomic mass is 9.53. The van der Waals surface area contributed by atoms with E-state index >= 15 is 0 Å². The minimum atomic E-state index is 0.176. The van der Waals surface area contributed by atoms with Gasteiger partial charge in [0.1, 0.15) is 0 Å². The average Bonchev–Trinajstić information content (AvgIpc) is 2.37. The molecule has 2 nitrogen and oxygen atoms in total. The van der Waals surface area contributed by atoms with Gasteiger partial charge in [0.2, 0.25) is 0 Å². The molecule has 0 aliphatic heterocycles. The normalized spacial score (nSPS) is 29.6. The van der Waals surface area contributed by atoms with Gasteiger partial charge in [0.15, 0.2) is 0 Å². The fourth-order valence-corrected chi connectivity index (χ4v) is 3.57. The summed E-state index contributed by atoms with van der Waals surface area (Å²) >= 11 is 0. The zero-order valence-electron chi connectivity index (χ0n) is 12.7. The van der Waals surface area contributed by atoms with E-state index < -0.39 is 0 Å². The van der Waals surface area contributed by atoms with Crippen molar-refractivity contribution in [3.8, 4) is 0 Å². The molecule has 0 radical (unpaired) electrons. The summed E-state index contributed by atoms with van der Waals surface area (Å²) in [6.45, 7) is 6.65. The smallest absolute Gasteiger partial charge is 0.0290 e. The monoisotopic (exact) mass is 260 g/mol. The predicted octanol–water partition coefficient (Wildman–Crippen LogP) is 2.99. The van der Waals surface area contributed by atoms with Crippen molar-refractivity contribution in [2.75, 3.05) is 7.05 Å². The molecule has 0 spiro atoms. The summed E-state index contributed by atoms with van der Waals surface area (Å²) in [6, 6.07) is 9.46. The lowest BCUT2D eigenvalue weighted by molar-refractivity contribution is 0.0934. The van der Waals surface area contributed by atoms with Crippen LogP contribution < -0.4 is 11.1 Å². The molecule has 1 fully saturated rings. The Morgan fingerprint density at radius 3 is 2.63 bits per heavy atom. The summed E-state index contributed by atoms with van der Waals surface area (Å²) in [5.74, 6) is 0.843. The molecule has 2 rings (SSSR count). The van der Waals surface area contributed by atoms with Crippen molar-refractivity contribution in [1.82, 2.24) is 5.32 Å². The van der Waals surface area contributed by atoms with Gasteiger partial charge < -0.3 is 11.1 Å². The van der Waals surface area contributed by atoms with Crippen LogP contribution >= 0.6 is 0 Å². The maximum atomic E-state index is 6.60. The van der Waals surface area contributed by atoms with E-state index in [2.05, 4.69) is 50.4 Å². The molecule has 0 saturated heterocycles. The highest BCUT2D eigenvalue weighted by molar-refractivity contribution is 5.35. The molecule has 1 aromatic carbocycles. The zero-order valence-corrected chi connectivity index (χ0v) is 12.7. The first kappa shape index (κ1) is 14.5. The van der Waals surface area contributed by atoms with Gasteiger partial charge >= 0.3 is 0 Å². The fourth-order valence-electron chi connectivity index (χ4n) is 3.57. The van der Waals surface area contributed by atoms with Crippen molar-refractivity contribution in [3.05, 3.63) is 35.4 Å². The first-order chi connectivity index (χ1) is 9.03. The highest BCUT2D eigenvalue weighted by atomic mass is 14.9. The third kappa shape index (κ3) is 2.56. The van der Waals surface area contributed by atoms with Crippen molar-refractivity contribution < 1.29 is 0 Å². The second-order valence-electron chi connectivity index (χ2n) is 6.31. The van der Waals surface area contributed by atoms with E-state index in [1.807, 2.05) is 7.05 Å². The lowest BCUT2D eigenvalue weighted by Crippen LogP contribution is -2.60. The van der Waals surface area contributed by atoms with Crippen molar-refractivity contribution in [3.63, 3.8) is 0 Å². The van der Waals surface area contributed by atoms with E-state index in [9.17, 15) is 0 Å². The van der Waals surface area contributed by atoms with Crippen LogP contribution in [0.5, 0.6) is 0 Å². The Morgan fingerprint density at radius 1 is 1.42 bits per heavy atom. The highest BCUT2D eigenvalue weighted by Crippen LogP contribution is 2.51. The number of benzene rings is 1. The van der Waals surface area contributed by atoms with Crippen LogP contribution in [0, 0.1) is 12.8 Å². The van der Waals surface area contributed by atoms with Gasteiger partial charge in [-0.05, 0) is 45.2 Å². The second-order valence-corrected chi connectivity index (χ2v) is 6.31. The van der Waals surface area contributed by atoms with Crippen LogP contribution in [-0.2, 0) is 5.41 Å². The van der Waals surface area contributed by atoms with Crippen molar-refractivity contribution in [2.45, 2.75) is 57.5 Å². The van der Waals surface area contributed by atoms with Gasteiger partial charge in [-0.25, -0.2) is 0 Å². The maximum Gasteiger partial charge on any atom is 0.0290 e. The van der Waals surface area contributed by atoms with E-state index in [0.717, 1.165) is 5.92 Å². The Balaban J connectivity index is 2.31. The third-order valence-electron chi connectivity index (χ3n) is 5.11. The van der Waals surface area contributed by atoms with E-state index in [4.69, 9.17) is 5.73 Å². The Kier molecular flexibility index (Phi) is 4.32. The minimum absolute atomic E-state index is 0.176. The quantitative estimate of drug-likeness (QED) is 0.854. The Labute approximate surface area is 117 Å². The number of hydrogen-bond acceptors (Lipinski definition) is 2. The largest absolute Gasteiger partial charge is 0.326 e. The number of likely N-dealkylation sites (N-methyl/N-ethyl adjacent to an activating group) is 1. The fraction of sp³-hybridized carbons (Fsp3) is 0.647. The number of rotatable bonds is 5. The van der Waals surface area contributed by atoms with Crippen LogP contribution in [0.25, 0.3) is 0 Å². The molecule has 0 bridgehead atoms. The van der Waals surface area contributed by atoms with Crippen LogP contribution in [0.3, 0.4) is 0 Å². The SMILES string of the molecule is CCC1CC(c2cccc(C)c2)(C(N)C(C)NC)C1. The molecular formula is C17H28N2.